The minimum Gasteiger partial charge on any atom is -0.384 e. The molecule has 0 spiro atoms. The maximum atomic E-state index is 10.4. The van der Waals surface area contributed by atoms with Crippen molar-refractivity contribution in [3.63, 3.8) is 0 Å². The molecule has 0 fully saturated rings. The number of aliphatic hydroxyl groups excluding tert-OH is 1. The maximum absolute atomic E-state index is 10.4. The number of allylic oxidation sites excluding steroid dienone is 1. The van der Waals surface area contributed by atoms with Gasteiger partial charge < -0.3 is 5.11 Å². The molecule has 1 nitrogen and oxygen atoms in total. The van der Waals surface area contributed by atoms with Gasteiger partial charge in [0.1, 0.15) is 6.10 Å². The fraction of sp³-hybridized carbons (Fsp3) is 0.467. The summed E-state index contributed by atoms with van der Waals surface area (Å²) in [5, 5.41) is 10.4. The molecule has 0 saturated carbocycles. The summed E-state index contributed by atoms with van der Waals surface area (Å²) in [6.45, 7) is 0. The van der Waals surface area contributed by atoms with E-state index in [1.807, 2.05) is 24.3 Å². The van der Waals surface area contributed by atoms with Crippen molar-refractivity contribution in [3.05, 3.63) is 46.0 Å². The van der Waals surface area contributed by atoms with Gasteiger partial charge in [-0.3, -0.25) is 0 Å². The van der Waals surface area contributed by atoms with Crippen LogP contribution < -0.4 is 0 Å². The van der Waals surface area contributed by atoms with Gasteiger partial charge in [-0.25, -0.2) is 0 Å². The van der Waals surface area contributed by atoms with E-state index in [0.29, 0.717) is 0 Å². The van der Waals surface area contributed by atoms with E-state index in [4.69, 9.17) is 0 Å². The minimum atomic E-state index is -0.416. The molecular formula is C15H19BrO. The lowest BCUT2D eigenvalue weighted by Gasteiger charge is -2.17. The summed E-state index contributed by atoms with van der Waals surface area (Å²) in [6.07, 6.45) is 9.08. The van der Waals surface area contributed by atoms with Crippen LogP contribution in [0, 0.1) is 0 Å². The lowest BCUT2D eigenvalue weighted by Crippen LogP contribution is -2.03. The first-order chi connectivity index (χ1) is 8.27. The number of aliphatic hydroxyl groups is 1. The van der Waals surface area contributed by atoms with Crippen LogP contribution in [0.3, 0.4) is 0 Å². The molecule has 0 aromatic heterocycles. The Hall–Kier alpha value is -0.600. The van der Waals surface area contributed by atoms with Crippen LogP contribution >= 0.6 is 15.9 Å². The Labute approximate surface area is 112 Å². The highest BCUT2D eigenvalue weighted by atomic mass is 79.9. The van der Waals surface area contributed by atoms with Gasteiger partial charge in [0.2, 0.25) is 0 Å². The maximum Gasteiger partial charge on any atom is 0.100 e. The molecule has 1 aromatic carbocycles. The predicted molar refractivity (Wildman–Crippen MR) is 74.9 cm³/mol. The standard InChI is InChI=1S/C15H19BrO/c16-14-10-8-13(9-11-14)15(17)12-6-4-2-1-3-5-7-12/h6,8-11,15,17H,1-5,7H2/b12-6+. The van der Waals surface area contributed by atoms with Gasteiger partial charge in [-0.05, 0) is 49.0 Å². The van der Waals surface area contributed by atoms with Crippen molar-refractivity contribution in [2.75, 3.05) is 0 Å². The van der Waals surface area contributed by atoms with Gasteiger partial charge in [-0.15, -0.1) is 0 Å². The molecule has 1 aliphatic carbocycles. The molecule has 0 radical (unpaired) electrons. The zero-order valence-corrected chi connectivity index (χ0v) is 11.6. The van der Waals surface area contributed by atoms with E-state index < -0.39 is 6.10 Å². The van der Waals surface area contributed by atoms with Gasteiger partial charge in [-0.2, -0.15) is 0 Å². The molecule has 1 aromatic rings. The Morgan fingerprint density at radius 2 is 1.71 bits per heavy atom. The summed E-state index contributed by atoms with van der Waals surface area (Å²) < 4.78 is 1.06. The number of hydrogen-bond acceptors (Lipinski definition) is 1. The second kappa shape index (κ2) is 6.36. The first kappa shape index (κ1) is 12.8. The smallest absolute Gasteiger partial charge is 0.100 e. The Kier molecular flexibility index (Phi) is 4.81. The van der Waals surface area contributed by atoms with Crippen LogP contribution in [0.5, 0.6) is 0 Å². The fourth-order valence-electron chi connectivity index (χ4n) is 2.32. The van der Waals surface area contributed by atoms with Crippen LogP contribution in [0.25, 0.3) is 0 Å². The third-order valence-corrected chi connectivity index (χ3v) is 3.89. The Balaban J connectivity index is 2.11. The van der Waals surface area contributed by atoms with E-state index in [1.54, 1.807) is 0 Å². The lowest BCUT2D eigenvalue weighted by atomic mass is 9.93. The highest BCUT2D eigenvalue weighted by Gasteiger charge is 2.13. The van der Waals surface area contributed by atoms with E-state index in [9.17, 15) is 5.11 Å². The number of hydrogen-bond donors (Lipinski definition) is 1. The highest BCUT2D eigenvalue weighted by Crippen LogP contribution is 2.29. The highest BCUT2D eigenvalue weighted by molar-refractivity contribution is 9.10. The lowest BCUT2D eigenvalue weighted by molar-refractivity contribution is 0.209. The molecule has 17 heavy (non-hydrogen) atoms. The Morgan fingerprint density at radius 3 is 2.47 bits per heavy atom. The number of rotatable bonds is 2. The average Bonchev–Trinajstić information content (AvgIpc) is 2.29. The largest absolute Gasteiger partial charge is 0.384 e. The molecule has 0 bridgehead atoms. The van der Waals surface area contributed by atoms with E-state index in [-0.39, 0.29) is 0 Å². The van der Waals surface area contributed by atoms with E-state index in [1.165, 1.54) is 31.3 Å². The average molecular weight is 295 g/mol. The second-order valence-corrected chi connectivity index (χ2v) is 5.60. The summed E-state index contributed by atoms with van der Waals surface area (Å²) in [7, 11) is 0. The van der Waals surface area contributed by atoms with Crippen molar-refractivity contribution in [2.45, 2.75) is 44.6 Å². The summed E-state index contributed by atoms with van der Waals surface area (Å²) in [6, 6.07) is 7.97. The third kappa shape index (κ3) is 3.68. The molecule has 1 atom stereocenters. The van der Waals surface area contributed by atoms with Crippen LogP contribution in [0.15, 0.2) is 40.4 Å². The summed E-state index contributed by atoms with van der Waals surface area (Å²) in [5.41, 5.74) is 2.20. The topological polar surface area (TPSA) is 20.2 Å². The molecule has 0 amide bonds. The first-order valence-corrected chi connectivity index (χ1v) is 7.19. The quantitative estimate of drug-likeness (QED) is 0.780. The molecule has 1 unspecified atom stereocenters. The normalized spacial score (nSPS) is 22.1. The van der Waals surface area contributed by atoms with Gasteiger partial charge in [0.15, 0.2) is 0 Å². The second-order valence-electron chi connectivity index (χ2n) is 4.69. The first-order valence-electron chi connectivity index (χ1n) is 6.40. The van der Waals surface area contributed by atoms with Crippen LogP contribution in [-0.4, -0.2) is 5.11 Å². The van der Waals surface area contributed by atoms with Crippen LogP contribution in [0.2, 0.25) is 0 Å². The van der Waals surface area contributed by atoms with Crippen LogP contribution in [0.1, 0.15) is 50.2 Å². The molecule has 1 aliphatic rings. The van der Waals surface area contributed by atoms with Gasteiger partial charge in [0.05, 0.1) is 0 Å². The third-order valence-electron chi connectivity index (χ3n) is 3.36. The molecular weight excluding hydrogens is 276 g/mol. The molecule has 2 heteroatoms. The van der Waals surface area contributed by atoms with Crippen molar-refractivity contribution in [1.82, 2.24) is 0 Å². The zero-order chi connectivity index (χ0) is 12.1. The van der Waals surface area contributed by atoms with Gasteiger partial charge in [-0.1, -0.05) is 47.0 Å². The SMILES string of the molecule is OC(/C1=C/CCCCCC1)c1ccc(Br)cc1. The monoisotopic (exact) mass is 294 g/mol. The van der Waals surface area contributed by atoms with Crippen molar-refractivity contribution < 1.29 is 5.11 Å². The van der Waals surface area contributed by atoms with Crippen molar-refractivity contribution in [1.29, 1.82) is 0 Å². The van der Waals surface area contributed by atoms with E-state index >= 15 is 0 Å². The van der Waals surface area contributed by atoms with Crippen molar-refractivity contribution >= 4 is 15.9 Å². The van der Waals surface area contributed by atoms with E-state index in [0.717, 1.165) is 22.9 Å². The van der Waals surface area contributed by atoms with Crippen LogP contribution in [0.4, 0.5) is 0 Å². The number of halogens is 1. The molecule has 92 valence electrons. The zero-order valence-electron chi connectivity index (χ0n) is 10.0. The van der Waals surface area contributed by atoms with Gasteiger partial charge in [0.25, 0.3) is 0 Å². The Morgan fingerprint density at radius 1 is 1.00 bits per heavy atom. The fourth-order valence-corrected chi connectivity index (χ4v) is 2.59. The predicted octanol–water partition coefficient (Wildman–Crippen LogP) is 4.76. The van der Waals surface area contributed by atoms with E-state index in [2.05, 4.69) is 22.0 Å². The summed E-state index contributed by atoms with van der Waals surface area (Å²) >= 11 is 3.42. The molecule has 0 heterocycles. The molecule has 0 aliphatic heterocycles. The van der Waals surface area contributed by atoms with Gasteiger partial charge in [0, 0.05) is 4.47 Å². The van der Waals surface area contributed by atoms with Crippen LogP contribution in [-0.2, 0) is 0 Å². The van der Waals surface area contributed by atoms with Gasteiger partial charge >= 0.3 is 0 Å². The minimum absolute atomic E-state index is 0.416. The number of benzene rings is 1. The molecule has 1 N–H and O–H groups in total. The summed E-state index contributed by atoms with van der Waals surface area (Å²) in [4.78, 5) is 0. The van der Waals surface area contributed by atoms with Crippen molar-refractivity contribution in [2.24, 2.45) is 0 Å². The summed E-state index contributed by atoms with van der Waals surface area (Å²) in [5.74, 6) is 0. The van der Waals surface area contributed by atoms with Crippen molar-refractivity contribution in [3.8, 4) is 0 Å². The molecule has 2 rings (SSSR count). The Bertz CT molecular complexity index is 380. The molecule has 0 saturated heterocycles.